The molecule has 1 aromatic carbocycles. The van der Waals surface area contributed by atoms with Crippen molar-refractivity contribution < 1.29 is 9.90 Å². The third-order valence-electron chi connectivity index (χ3n) is 4.81. The normalized spacial score (nSPS) is 18.0. The minimum absolute atomic E-state index is 0.0993. The number of likely N-dealkylation sites (N-methyl/N-ethyl adjacent to an activating group) is 1. The summed E-state index contributed by atoms with van der Waals surface area (Å²) in [4.78, 5) is 21.1. The van der Waals surface area contributed by atoms with Crippen molar-refractivity contribution in [1.29, 1.82) is 0 Å². The second-order valence-corrected chi connectivity index (χ2v) is 6.66. The Morgan fingerprint density at radius 3 is 2.76 bits per heavy atom. The van der Waals surface area contributed by atoms with E-state index in [-0.39, 0.29) is 17.7 Å². The zero-order valence-corrected chi connectivity index (χ0v) is 14.6. The van der Waals surface area contributed by atoms with Crippen LogP contribution in [0.2, 0.25) is 0 Å². The molecule has 25 heavy (non-hydrogen) atoms. The van der Waals surface area contributed by atoms with E-state index in [1.165, 1.54) is 5.56 Å². The highest BCUT2D eigenvalue weighted by atomic mass is 16.3. The Balaban J connectivity index is 1.68. The predicted octanol–water partition coefficient (Wildman–Crippen LogP) is 2.80. The topological polar surface area (TPSA) is 56.7 Å². The lowest BCUT2D eigenvalue weighted by molar-refractivity contribution is -0.137. The number of para-hydroxylation sites is 1. The molecule has 132 valence electrons. The monoisotopic (exact) mass is 339 g/mol. The number of aromatic hydroxyl groups is 1. The smallest absolute Gasteiger partial charge is 0.239 e. The number of hydrogen-bond donors (Lipinski definition) is 1. The van der Waals surface area contributed by atoms with Crippen LogP contribution in [0.25, 0.3) is 0 Å². The van der Waals surface area contributed by atoms with Gasteiger partial charge in [0.1, 0.15) is 5.75 Å². The highest BCUT2D eigenvalue weighted by Gasteiger charge is 2.30. The van der Waals surface area contributed by atoms with E-state index >= 15 is 0 Å². The summed E-state index contributed by atoms with van der Waals surface area (Å²) < 4.78 is 0. The number of rotatable bonds is 5. The molecule has 1 aromatic heterocycles. The number of phenols is 1. The molecule has 1 atom stereocenters. The van der Waals surface area contributed by atoms with E-state index in [9.17, 15) is 9.90 Å². The Hall–Kier alpha value is -2.40. The number of nitrogens with zero attached hydrogens (tertiary/aromatic N) is 3. The number of hydrogen-bond acceptors (Lipinski definition) is 4. The van der Waals surface area contributed by atoms with Crippen LogP contribution < -0.4 is 0 Å². The van der Waals surface area contributed by atoms with Gasteiger partial charge in [-0.1, -0.05) is 24.6 Å². The Labute approximate surface area is 148 Å². The Morgan fingerprint density at radius 2 is 2.00 bits per heavy atom. The first-order valence-corrected chi connectivity index (χ1v) is 8.80. The van der Waals surface area contributed by atoms with Gasteiger partial charge in [0.15, 0.2) is 0 Å². The molecule has 1 N–H and O–H groups in total. The van der Waals surface area contributed by atoms with Crippen molar-refractivity contribution in [2.75, 3.05) is 13.6 Å². The second kappa shape index (κ2) is 8.12. The molecule has 1 amide bonds. The molecule has 1 saturated heterocycles. The zero-order chi connectivity index (χ0) is 17.6. The lowest BCUT2D eigenvalue weighted by Crippen LogP contribution is -2.49. The first kappa shape index (κ1) is 17.4. The molecule has 0 radical (unpaired) electrons. The molecular weight excluding hydrogens is 314 g/mol. The van der Waals surface area contributed by atoms with Gasteiger partial charge >= 0.3 is 0 Å². The summed E-state index contributed by atoms with van der Waals surface area (Å²) >= 11 is 0. The van der Waals surface area contributed by atoms with Crippen molar-refractivity contribution in [1.82, 2.24) is 14.8 Å². The maximum atomic E-state index is 13.0. The summed E-state index contributed by atoms with van der Waals surface area (Å²) in [6, 6.07) is 11.1. The fourth-order valence-electron chi connectivity index (χ4n) is 3.41. The summed E-state index contributed by atoms with van der Waals surface area (Å²) in [5.74, 6) is 0.358. The molecule has 5 heteroatoms. The van der Waals surface area contributed by atoms with Crippen LogP contribution in [0.4, 0.5) is 0 Å². The molecule has 2 heterocycles. The highest BCUT2D eigenvalue weighted by molar-refractivity contribution is 5.81. The number of phenolic OH excluding ortho intramolecular Hbond substituents is 1. The van der Waals surface area contributed by atoms with Crippen LogP contribution in [0.15, 0.2) is 48.8 Å². The number of carbonyl (C=O) groups is 1. The molecule has 1 fully saturated rings. The van der Waals surface area contributed by atoms with Gasteiger partial charge in [0.2, 0.25) is 5.91 Å². The molecular formula is C20H25N3O2. The van der Waals surface area contributed by atoms with Gasteiger partial charge in [0, 0.05) is 38.1 Å². The van der Waals surface area contributed by atoms with Gasteiger partial charge < -0.3 is 10.0 Å². The van der Waals surface area contributed by atoms with Gasteiger partial charge in [-0.15, -0.1) is 0 Å². The summed E-state index contributed by atoms with van der Waals surface area (Å²) in [7, 11) is 1.81. The molecule has 1 unspecified atom stereocenters. The van der Waals surface area contributed by atoms with E-state index in [4.69, 9.17) is 0 Å². The number of aromatic nitrogens is 1. The molecule has 0 bridgehead atoms. The van der Waals surface area contributed by atoms with Crippen LogP contribution in [-0.2, 0) is 17.9 Å². The van der Waals surface area contributed by atoms with Crippen molar-refractivity contribution in [3.63, 3.8) is 0 Å². The third kappa shape index (κ3) is 4.37. The van der Waals surface area contributed by atoms with E-state index in [1.54, 1.807) is 29.4 Å². The molecule has 2 aromatic rings. The van der Waals surface area contributed by atoms with E-state index in [0.29, 0.717) is 6.54 Å². The fraction of sp³-hybridized carbons (Fsp3) is 0.400. The van der Waals surface area contributed by atoms with Gasteiger partial charge in [-0.25, -0.2) is 0 Å². The maximum Gasteiger partial charge on any atom is 0.239 e. The lowest BCUT2D eigenvalue weighted by Gasteiger charge is -2.36. The number of pyridine rings is 1. The molecule has 1 aliphatic rings. The van der Waals surface area contributed by atoms with Gasteiger partial charge in [0.25, 0.3) is 0 Å². The SMILES string of the molecule is CN(Cc1ccccc1O)C(=O)C1CCCCN1Cc1ccncc1. The average Bonchev–Trinajstić information content (AvgIpc) is 2.64. The Bertz CT molecular complexity index is 705. The summed E-state index contributed by atoms with van der Waals surface area (Å²) in [6.45, 7) is 2.12. The minimum Gasteiger partial charge on any atom is -0.508 e. The molecule has 0 spiro atoms. The van der Waals surface area contributed by atoms with Crippen molar-refractivity contribution in [3.05, 3.63) is 59.9 Å². The number of likely N-dealkylation sites (tertiary alicyclic amines) is 1. The summed E-state index contributed by atoms with van der Waals surface area (Å²) in [5.41, 5.74) is 1.95. The van der Waals surface area contributed by atoms with E-state index in [0.717, 1.165) is 37.9 Å². The number of amides is 1. The van der Waals surface area contributed by atoms with E-state index < -0.39 is 0 Å². The summed E-state index contributed by atoms with van der Waals surface area (Å²) in [5, 5.41) is 9.94. The first-order chi connectivity index (χ1) is 12.1. The van der Waals surface area contributed by atoms with Gasteiger partial charge in [-0.2, -0.15) is 0 Å². The molecule has 0 aliphatic carbocycles. The lowest BCUT2D eigenvalue weighted by atomic mass is 10.00. The van der Waals surface area contributed by atoms with E-state index in [2.05, 4.69) is 9.88 Å². The third-order valence-corrected chi connectivity index (χ3v) is 4.81. The first-order valence-electron chi connectivity index (χ1n) is 8.80. The van der Waals surface area contributed by atoms with Crippen molar-refractivity contribution in [2.45, 2.75) is 38.4 Å². The van der Waals surface area contributed by atoms with Crippen molar-refractivity contribution in [2.24, 2.45) is 0 Å². The fourth-order valence-corrected chi connectivity index (χ4v) is 3.41. The van der Waals surface area contributed by atoms with Crippen molar-refractivity contribution >= 4 is 5.91 Å². The van der Waals surface area contributed by atoms with Gasteiger partial charge in [-0.3, -0.25) is 14.7 Å². The van der Waals surface area contributed by atoms with Crippen LogP contribution in [-0.4, -0.2) is 45.4 Å². The largest absolute Gasteiger partial charge is 0.508 e. The average molecular weight is 339 g/mol. The van der Waals surface area contributed by atoms with E-state index in [1.807, 2.05) is 31.3 Å². The second-order valence-electron chi connectivity index (χ2n) is 6.66. The quantitative estimate of drug-likeness (QED) is 0.910. The maximum absolute atomic E-state index is 13.0. The highest BCUT2D eigenvalue weighted by Crippen LogP contribution is 2.23. The molecule has 3 rings (SSSR count). The standard InChI is InChI=1S/C20H25N3O2/c1-22(15-17-6-2-3-8-19(17)24)20(25)18-7-4-5-13-23(18)14-16-9-11-21-12-10-16/h2-3,6,8-12,18,24H,4-5,7,13-15H2,1H3. The number of benzene rings is 1. The zero-order valence-electron chi connectivity index (χ0n) is 14.6. The van der Waals surface area contributed by atoms with Crippen LogP contribution in [0.1, 0.15) is 30.4 Å². The van der Waals surface area contributed by atoms with Crippen LogP contribution in [0, 0.1) is 0 Å². The number of piperidine rings is 1. The molecule has 5 nitrogen and oxygen atoms in total. The Morgan fingerprint density at radius 1 is 1.24 bits per heavy atom. The van der Waals surface area contributed by atoms with Crippen LogP contribution >= 0.6 is 0 Å². The van der Waals surface area contributed by atoms with Crippen molar-refractivity contribution in [3.8, 4) is 5.75 Å². The van der Waals surface area contributed by atoms with Gasteiger partial charge in [-0.05, 0) is 43.1 Å². The van der Waals surface area contributed by atoms with Crippen LogP contribution in [0.5, 0.6) is 5.75 Å². The Kier molecular flexibility index (Phi) is 5.66. The predicted molar refractivity (Wildman–Crippen MR) is 96.9 cm³/mol. The van der Waals surface area contributed by atoms with Gasteiger partial charge in [0.05, 0.1) is 6.04 Å². The molecule has 1 aliphatic heterocycles. The minimum atomic E-state index is -0.0993. The molecule has 0 saturated carbocycles. The number of carbonyl (C=O) groups excluding carboxylic acids is 1. The summed E-state index contributed by atoms with van der Waals surface area (Å²) in [6.07, 6.45) is 6.67. The van der Waals surface area contributed by atoms with Crippen LogP contribution in [0.3, 0.4) is 0 Å².